The summed E-state index contributed by atoms with van der Waals surface area (Å²) in [5, 5.41) is 2.90. The van der Waals surface area contributed by atoms with Crippen LogP contribution < -0.4 is 5.32 Å². The van der Waals surface area contributed by atoms with Gasteiger partial charge in [-0.25, -0.2) is 0 Å². The molecular weight excluding hydrogens is 517 g/mol. The molecule has 0 radical (unpaired) electrons. The molecule has 184 valence electrons. The molecule has 1 fully saturated rings. The highest BCUT2D eigenvalue weighted by Crippen LogP contribution is 2.34. The second-order valence-corrected chi connectivity index (χ2v) is 9.38. The van der Waals surface area contributed by atoms with E-state index in [1.165, 1.54) is 6.07 Å². The zero-order valence-corrected chi connectivity index (χ0v) is 20.5. The van der Waals surface area contributed by atoms with Gasteiger partial charge in [0.05, 0.1) is 35.0 Å². The molecule has 1 saturated heterocycles. The number of rotatable bonds is 5. The molecule has 0 aromatic carbocycles. The maximum absolute atomic E-state index is 13.4. The van der Waals surface area contributed by atoms with E-state index in [9.17, 15) is 22.8 Å². The molecule has 0 aliphatic carbocycles. The highest BCUT2D eigenvalue weighted by atomic mass is 79.9. The number of carbonyl (C=O) groups excluding carboxylic acids is 2. The van der Waals surface area contributed by atoms with Crippen LogP contribution in [0.3, 0.4) is 0 Å². The molecule has 2 unspecified atom stereocenters. The van der Waals surface area contributed by atoms with Crippen LogP contribution in [0, 0.1) is 0 Å². The minimum atomic E-state index is -4.53. The van der Waals surface area contributed by atoms with Gasteiger partial charge in [0, 0.05) is 25.3 Å². The number of aromatic nitrogens is 2. The van der Waals surface area contributed by atoms with Gasteiger partial charge < -0.3 is 19.5 Å². The molecule has 1 N–H and O–H groups in total. The Kier molecular flexibility index (Phi) is 7.04. The lowest BCUT2D eigenvalue weighted by Crippen LogP contribution is -2.36. The zero-order valence-electron chi connectivity index (χ0n) is 18.9. The van der Waals surface area contributed by atoms with Gasteiger partial charge in [-0.2, -0.15) is 13.2 Å². The number of halogens is 4. The van der Waals surface area contributed by atoms with Crippen LogP contribution in [-0.2, 0) is 24.1 Å². The van der Waals surface area contributed by atoms with Crippen LogP contribution in [-0.4, -0.2) is 45.5 Å². The van der Waals surface area contributed by atoms with Crippen LogP contribution in [0.4, 0.5) is 13.2 Å². The molecule has 11 heteroatoms. The highest BCUT2D eigenvalue weighted by Gasteiger charge is 2.36. The minimum absolute atomic E-state index is 0.124. The van der Waals surface area contributed by atoms with E-state index in [-0.39, 0.29) is 18.6 Å². The predicted octanol–water partition coefficient (Wildman–Crippen LogP) is 4.70. The van der Waals surface area contributed by atoms with E-state index in [1.54, 1.807) is 0 Å². The van der Waals surface area contributed by atoms with Crippen molar-refractivity contribution in [3.63, 3.8) is 0 Å². The van der Waals surface area contributed by atoms with Crippen LogP contribution >= 0.6 is 15.9 Å². The van der Waals surface area contributed by atoms with E-state index < -0.39 is 23.8 Å². The maximum atomic E-state index is 13.4. The molecule has 2 aromatic heterocycles. The summed E-state index contributed by atoms with van der Waals surface area (Å²) in [6.07, 6.45) is -1.08. The van der Waals surface area contributed by atoms with E-state index in [1.807, 2.05) is 23.3 Å². The Bertz CT molecular complexity index is 1080. The van der Waals surface area contributed by atoms with Gasteiger partial charge in [-0.1, -0.05) is 13.0 Å². The summed E-state index contributed by atoms with van der Waals surface area (Å²) >= 11 is 3.51. The molecule has 0 spiro atoms. The van der Waals surface area contributed by atoms with Crippen LogP contribution in [0.25, 0.3) is 0 Å². The molecule has 2 aliphatic heterocycles. The van der Waals surface area contributed by atoms with Gasteiger partial charge in [0.1, 0.15) is 11.4 Å². The molecule has 0 bridgehead atoms. The second kappa shape index (κ2) is 9.69. The Hall–Kier alpha value is -2.40. The van der Waals surface area contributed by atoms with Crippen LogP contribution in [0.15, 0.2) is 22.8 Å². The lowest BCUT2D eigenvalue weighted by atomic mass is 10.1. The van der Waals surface area contributed by atoms with E-state index in [4.69, 9.17) is 4.74 Å². The zero-order chi connectivity index (χ0) is 24.6. The first kappa shape index (κ1) is 24.7. The average molecular weight is 543 g/mol. The number of hydrogen-bond donors (Lipinski definition) is 1. The second-order valence-electron chi connectivity index (χ2n) is 8.59. The molecule has 4 rings (SSSR count). The van der Waals surface area contributed by atoms with Gasteiger partial charge in [0.25, 0.3) is 11.8 Å². The lowest BCUT2D eigenvalue weighted by Gasteiger charge is -2.24. The van der Waals surface area contributed by atoms with E-state index in [0.29, 0.717) is 53.1 Å². The van der Waals surface area contributed by atoms with E-state index in [0.717, 1.165) is 25.1 Å². The van der Waals surface area contributed by atoms with Gasteiger partial charge in [0.2, 0.25) is 0 Å². The molecule has 2 aromatic rings. The quantitative estimate of drug-likeness (QED) is 0.594. The number of nitrogens with zero attached hydrogens (tertiary/aromatic N) is 3. The Labute approximate surface area is 203 Å². The first-order valence-electron chi connectivity index (χ1n) is 11.3. The number of nitrogens with one attached hydrogen (secondary N) is 1. The van der Waals surface area contributed by atoms with Gasteiger partial charge in [-0.05, 0) is 53.7 Å². The summed E-state index contributed by atoms with van der Waals surface area (Å²) in [6.45, 7) is 5.57. The third-order valence-electron chi connectivity index (χ3n) is 6.45. The Morgan fingerprint density at radius 2 is 2.09 bits per heavy atom. The normalized spacial score (nSPS) is 19.1. The summed E-state index contributed by atoms with van der Waals surface area (Å²) in [5.74, 6) is -0.556. The maximum Gasteiger partial charge on any atom is 0.433 e. The lowest BCUT2D eigenvalue weighted by molar-refractivity contribution is -0.141. The summed E-state index contributed by atoms with van der Waals surface area (Å²) < 4.78 is 46.4. The van der Waals surface area contributed by atoms with Crippen molar-refractivity contribution in [2.75, 3.05) is 13.2 Å². The number of amides is 2. The summed E-state index contributed by atoms with van der Waals surface area (Å²) in [6, 6.07) is 1.80. The van der Waals surface area contributed by atoms with Gasteiger partial charge in [-0.3, -0.25) is 14.6 Å². The van der Waals surface area contributed by atoms with Crippen molar-refractivity contribution in [1.29, 1.82) is 0 Å². The Balaban J connectivity index is 1.64. The Morgan fingerprint density at radius 1 is 1.32 bits per heavy atom. The Morgan fingerprint density at radius 3 is 2.68 bits per heavy atom. The van der Waals surface area contributed by atoms with Crippen molar-refractivity contribution in [2.24, 2.45) is 0 Å². The molecule has 2 amide bonds. The third-order valence-corrected chi connectivity index (χ3v) is 7.22. The van der Waals surface area contributed by atoms with Crippen LogP contribution in [0.5, 0.6) is 0 Å². The smallest absolute Gasteiger partial charge is 0.373 e. The predicted molar refractivity (Wildman–Crippen MR) is 121 cm³/mol. The van der Waals surface area contributed by atoms with E-state index in [2.05, 4.69) is 26.2 Å². The SMILES string of the molecule is CCC(NC(=O)c1c(Br)c(C(=O)N2CCCC2C)n2c1COCC2)c1ccc(C(F)(F)F)nc1. The van der Waals surface area contributed by atoms with Gasteiger partial charge in [0.15, 0.2) is 0 Å². The molecule has 7 nitrogen and oxygen atoms in total. The monoisotopic (exact) mass is 542 g/mol. The fourth-order valence-electron chi connectivity index (χ4n) is 4.60. The molecule has 4 heterocycles. The topological polar surface area (TPSA) is 76.5 Å². The average Bonchev–Trinajstić information content (AvgIpc) is 3.36. The van der Waals surface area contributed by atoms with E-state index >= 15 is 0 Å². The first-order valence-corrected chi connectivity index (χ1v) is 12.1. The number of pyridine rings is 1. The van der Waals surface area contributed by atoms with Crippen molar-refractivity contribution in [1.82, 2.24) is 19.8 Å². The van der Waals surface area contributed by atoms with Gasteiger partial charge in [-0.15, -0.1) is 0 Å². The van der Waals surface area contributed by atoms with Crippen molar-refractivity contribution in [3.8, 4) is 0 Å². The summed E-state index contributed by atoms with van der Waals surface area (Å²) in [5.41, 5.74) is 0.825. The largest absolute Gasteiger partial charge is 0.433 e. The van der Waals surface area contributed by atoms with Crippen molar-refractivity contribution in [3.05, 3.63) is 51.0 Å². The number of carbonyl (C=O) groups is 2. The molecular formula is C23H26BrF3N4O3. The number of ether oxygens (including phenoxy) is 1. The summed E-state index contributed by atoms with van der Waals surface area (Å²) in [4.78, 5) is 32.1. The molecule has 34 heavy (non-hydrogen) atoms. The van der Waals surface area contributed by atoms with Crippen molar-refractivity contribution in [2.45, 2.75) is 64.5 Å². The minimum Gasteiger partial charge on any atom is -0.373 e. The fraction of sp³-hybridized carbons (Fsp3) is 0.522. The number of alkyl halides is 3. The number of likely N-dealkylation sites (tertiary alicyclic amines) is 1. The van der Waals surface area contributed by atoms with Gasteiger partial charge >= 0.3 is 6.18 Å². The molecule has 2 atom stereocenters. The standard InChI is InChI=1S/C23H26BrF3N4O3/c1-3-15(14-6-7-17(28-11-14)23(25,26)27)29-21(32)18-16-12-34-10-9-31(16)20(19(18)24)22(33)30-8-4-5-13(30)2/h6-7,11,13,15H,3-5,8-10,12H2,1-2H3,(H,29,32). The molecule has 0 saturated carbocycles. The van der Waals surface area contributed by atoms with Crippen molar-refractivity contribution >= 4 is 27.7 Å². The fourth-order valence-corrected chi connectivity index (χ4v) is 5.39. The third kappa shape index (κ3) is 4.59. The first-order chi connectivity index (χ1) is 16.1. The summed E-state index contributed by atoms with van der Waals surface area (Å²) in [7, 11) is 0. The number of fused-ring (bicyclic) bond motifs is 1. The number of hydrogen-bond acceptors (Lipinski definition) is 4. The van der Waals surface area contributed by atoms with Crippen molar-refractivity contribution < 1.29 is 27.5 Å². The molecule has 2 aliphatic rings. The highest BCUT2D eigenvalue weighted by molar-refractivity contribution is 9.10. The van der Waals surface area contributed by atoms with Crippen LogP contribution in [0.1, 0.15) is 76.9 Å². The van der Waals surface area contributed by atoms with Crippen LogP contribution in [0.2, 0.25) is 0 Å².